The number of halogens is 4. The molecule has 3 unspecified atom stereocenters. The lowest BCUT2D eigenvalue weighted by atomic mass is 9.73. The fourth-order valence-electron chi connectivity index (χ4n) is 4.99. The zero-order valence-corrected chi connectivity index (χ0v) is 19.5. The Bertz CT molecular complexity index is 900. The van der Waals surface area contributed by atoms with Crippen LogP contribution in [0.5, 0.6) is 0 Å². The van der Waals surface area contributed by atoms with E-state index in [0.29, 0.717) is 23.7 Å². The summed E-state index contributed by atoms with van der Waals surface area (Å²) in [6, 6.07) is 10.1. The Labute approximate surface area is 193 Å². The summed E-state index contributed by atoms with van der Waals surface area (Å²) in [5.74, 6) is 0.0272. The molecule has 0 radical (unpaired) electrons. The first-order valence-corrected chi connectivity index (χ1v) is 11.7. The Morgan fingerprint density at radius 2 is 1.82 bits per heavy atom. The Kier molecular flexibility index (Phi) is 8.40. The number of alkyl halides is 3. The molecule has 0 aromatic heterocycles. The van der Waals surface area contributed by atoms with Crippen LogP contribution in [0.15, 0.2) is 42.5 Å². The smallest absolute Gasteiger partial charge is 0.395 e. The molecule has 2 N–H and O–H groups in total. The number of anilines is 1. The number of hydrogen-bond donors (Lipinski definition) is 2. The predicted octanol–water partition coefficient (Wildman–Crippen LogP) is 6.46. The zero-order chi connectivity index (χ0) is 24.2. The van der Waals surface area contributed by atoms with Gasteiger partial charge in [-0.3, -0.25) is 0 Å². The predicted molar refractivity (Wildman–Crippen MR) is 124 cm³/mol. The Morgan fingerprint density at radius 3 is 2.42 bits per heavy atom. The van der Waals surface area contributed by atoms with E-state index in [-0.39, 0.29) is 30.3 Å². The summed E-state index contributed by atoms with van der Waals surface area (Å²) in [6.07, 6.45) is -2.66. The standard InChI is InChI=1S/C26H34F4N2O/c1-4-32(13-14-33)16-17(2)5-11-22-18(3)23-15-20(26(28,29)30)8-12-24(23)31-25(22)19-6-9-21(27)10-7-19/h6-10,12,15,17-18,22,25,31,33H,4-5,11,13-14,16H2,1-3H3/t17?,18?,22?,25-/m0/s1. The van der Waals surface area contributed by atoms with Crippen LogP contribution in [-0.4, -0.2) is 36.2 Å². The van der Waals surface area contributed by atoms with Crippen molar-refractivity contribution >= 4 is 5.69 Å². The van der Waals surface area contributed by atoms with Gasteiger partial charge in [-0.2, -0.15) is 13.2 Å². The quantitative estimate of drug-likeness (QED) is 0.416. The van der Waals surface area contributed by atoms with Gasteiger partial charge in [0.2, 0.25) is 0 Å². The van der Waals surface area contributed by atoms with Crippen molar-refractivity contribution in [3.8, 4) is 0 Å². The number of hydrogen-bond acceptors (Lipinski definition) is 3. The van der Waals surface area contributed by atoms with E-state index in [2.05, 4.69) is 24.1 Å². The van der Waals surface area contributed by atoms with Crippen LogP contribution in [0.1, 0.15) is 62.3 Å². The topological polar surface area (TPSA) is 35.5 Å². The highest BCUT2D eigenvalue weighted by Crippen LogP contribution is 2.48. The van der Waals surface area contributed by atoms with E-state index in [0.717, 1.165) is 37.6 Å². The van der Waals surface area contributed by atoms with E-state index in [1.165, 1.54) is 24.3 Å². The van der Waals surface area contributed by atoms with Gasteiger partial charge in [0.25, 0.3) is 0 Å². The van der Waals surface area contributed by atoms with E-state index in [4.69, 9.17) is 0 Å². The lowest BCUT2D eigenvalue weighted by Gasteiger charge is -2.40. The molecule has 0 spiro atoms. The van der Waals surface area contributed by atoms with Gasteiger partial charge in [-0.15, -0.1) is 0 Å². The molecule has 1 aliphatic rings. The van der Waals surface area contributed by atoms with Gasteiger partial charge in [-0.25, -0.2) is 4.39 Å². The molecule has 0 bridgehead atoms. The number of nitrogens with zero attached hydrogens (tertiary/aromatic N) is 1. The molecule has 33 heavy (non-hydrogen) atoms. The van der Waals surface area contributed by atoms with Crippen molar-refractivity contribution in [2.45, 2.75) is 51.7 Å². The number of nitrogens with one attached hydrogen (secondary N) is 1. The van der Waals surface area contributed by atoms with Gasteiger partial charge in [0.1, 0.15) is 5.82 Å². The molecule has 0 saturated heterocycles. The Hall–Kier alpha value is -2.12. The molecular formula is C26H34F4N2O. The molecular weight excluding hydrogens is 432 g/mol. The van der Waals surface area contributed by atoms with Crippen molar-refractivity contribution in [2.24, 2.45) is 11.8 Å². The van der Waals surface area contributed by atoms with E-state index in [9.17, 15) is 22.7 Å². The minimum Gasteiger partial charge on any atom is -0.395 e. The van der Waals surface area contributed by atoms with E-state index in [1.807, 2.05) is 6.92 Å². The van der Waals surface area contributed by atoms with Crippen LogP contribution in [0.3, 0.4) is 0 Å². The van der Waals surface area contributed by atoms with Gasteiger partial charge >= 0.3 is 6.18 Å². The fourth-order valence-corrected chi connectivity index (χ4v) is 4.99. The van der Waals surface area contributed by atoms with Crippen molar-refractivity contribution in [1.82, 2.24) is 4.90 Å². The van der Waals surface area contributed by atoms with Crippen molar-refractivity contribution in [3.05, 3.63) is 65.0 Å². The van der Waals surface area contributed by atoms with Crippen LogP contribution >= 0.6 is 0 Å². The minimum absolute atomic E-state index is 0.0572. The van der Waals surface area contributed by atoms with E-state index in [1.54, 1.807) is 12.1 Å². The SMILES string of the molecule is CCN(CCO)CC(C)CCC1C(C)c2cc(C(F)(F)F)ccc2N[C@H]1c1ccc(F)cc1. The molecule has 7 heteroatoms. The van der Waals surface area contributed by atoms with Gasteiger partial charge in [-0.05, 0) is 78.6 Å². The second kappa shape index (κ2) is 10.9. The van der Waals surface area contributed by atoms with Crippen LogP contribution in [0.25, 0.3) is 0 Å². The van der Waals surface area contributed by atoms with Crippen LogP contribution in [0.2, 0.25) is 0 Å². The molecule has 2 aromatic carbocycles. The molecule has 0 saturated carbocycles. The summed E-state index contributed by atoms with van der Waals surface area (Å²) in [7, 11) is 0. The molecule has 2 aromatic rings. The van der Waals surface area contributed by atoms with Crippen LogP contribution in [-0.2, 0) is 6.18 Å². The average molecular weight is 467 g/mol. The van der Waals surface area contributed by atoms with Crippen molar-refractivity contribution < 1.29 is 22.7 Å². The third-order valence-corrected chi connectivity index (χ3v) is 6.91. The zero-order valence-electron chi connectivity index (χ0n) is 19.5. The normalized spacial score (nSPS) is 21.5. The summed E-state index contributed by atoms with van der Waals surface area (Å²) in [5, 5.41) is 12.7. The lowest BCUT2D eigenvalue weighted by Crippen LogP contribution is -2.33. The molecule has 0 aliphatic carbocycles. The molecule has 0 amide bonds. The summed E-state index contributed by atoms with van der Waals surface area (Å²) in [5.41, 5.74) is 1.68. The lowest BCUT2D eigenvalue weighted by molar-refractivity contribution is -0.137. The average Bonchev–Trinajstić information content (AvgIpc) is 2.77. The summed E-state index contributed by atoms with van der Waals surface area (Å²) in [4.78, 5) is 2.20. The van der Waals surface area contributed by atoms with Crippen molar-refractivity contribution in [1.29, 1.82) is 0 Å². The van der Waals surface area contributed by atoms with E-state index >= 15 is 0 Å². The minimum atomic E-state index is -4.39. The fraction of sp³-hybridized carbons (Fsp3) is 0.538. The van der Waals surface area contributed by atoms with Crippen LogP contribution < -0.4 is 5.32 Å². The number of rotatable bonds is 9. The van der Waals surface area contributed by atoms with Gasteiger partial charge in [0.15, 0.2) is 0 Å². The maximum absolute atomic E-state index is 13.5. The van der Waals surface area contributed by atoms with Gasteiger partial charge < -0.3 is 15.3 Å². The summed E-state index contributed by atoms with van der Waals surface area (Å²) in [6.45, 7) is 8.71. The molecule has 1 aliphatic heterocycles. The monoisotopic (exact) mass is 466 g/mol. The third-order valence-electron chi connectivity index (χ3n) is 6.91. The van der Waals surface area contributed by atoms with Crippen molar-refractivity contribution in [3.63, 3.8) is 0 Å². The second-order valence-corrected chi connectivity index (χ2v) is 9.23. The van der Waals surface area contributed by atoms with Gasteiger partial charge in [0, 0.05) is 18.8 Å². The number of aliphatic hydroxyl groups excluding tert-OH is 1. The molecule has 182 valence electrons. The number of likely N-dealkylation sites (N-methyl/N-ethyl adjacent to an activating group) is 1. The molecule has 0 fully saturated rings. The number of fused-ring (bicyclic) bond motifs is 1. The first kappa shape index (κ1) is 25.5. The maximum atomic E-state index is 13.5. The van der Waals surface area contributed by atoms with Crippen LogP contribution in [0.4, 0.5) is 23.2 Å². The maximum Gasteiger partial charge on any atom is 0.416 e. The highest BCUT2D eigenvalue weighted by Gasteiger charge is 2.37. The number of benzene rings is 2. The van der Waals surface area contributed by atoms with Crippen LogP contribution in [0, 0.1) is 17.7 Å². The van der Waals surface area contributed by atoms with Crippen molar-refractivity contribution in [2.75, 3.05) is 31.6 Å². The van der Waals surface area contributed by atoms with Gasteiger partial charge in [-0.1, -0.05) is 32.9 Å². The molecule has 4 atom stereocenters. The van der Waals surface area contributed by atoms with Gasteiger partial charge in [0.05, 0.1) is 18.2 Å². The highest BCUT2D eigenvalue weighted by molar-refractivity contribution is 5.59. The summed E-state index contributed by atoms with van der Waals surface area (Å²) >= 11 is 0. The third kappa shape index (κ3) is 6.27. The Morgan fingerprint density at radius 1 is 1.12 bits per heavy atom. The Balaban J connectivity index is 1.86. The molecule has 1 heterocycles. The first-order valence-electron chi connectivity index (χ1n) is 11.7. The molecule has 3 rings (SSSR count). The highest BCUT2D eigenvalue weighted by atomic mass is 19.4. The van der Waals surface area contributed by atoms with E-state index < -0.39 is 11.7 Å². The first-order chi connectivity index (χ1) is 15.6. The largest absolute Gasteiger partial charge is 0.416 e. The summed E-state index contributed by atoms with van der Waals surface area (Å²) < 4.78 is 53.6. The number of aliphatic hydroxyl groups is 1. The molecule has 3 nitrogen and oxygen atoms in total. The second-order valence-electron chi connectivity index (χ2n) is 9.23.